The fourth-order valence-electron chi connectivity index (χ4n) is 1.16. The molecule has 0 aliphatic rings. The van der Waals surface area contributed by atoms with E-state index in [0.717, 1.165) is 11.0 Å². The van der Waals surface area contributed by atoms with Crippen LogP contribution in [0.15, 0.2) is 41.8 Å². The largest absolute Gasteiger partial charge is 0.459 e. The third-order valence-electron chi connectivity index (χ3n) is 2.06. The van der Waals surface area contributed by atoms with Crippen molar-refractivity contribution in [3.8, 4) is 0 Å². The Bertz CT molecular complexity index is 444. The number of anilines is 1. The van der Waals surface area contributed by atoms with Gasteiger partial charge in [-0.05, 0) is 30.5 Å². The van der Waals surface area contributed by atoms with Crippen LogP contribution in [0.25, 0.3) is 0 Å². The van der Waals surface area contributed by atoms with Gasteiger partial charge in [0.1, 0.15) is 13.2 Å². The normalized spacial score (nSPS) is 9.53. The Balaban J connectivity index is 2.26. The highest BCUT2D eigenvalue weighted by Crippen LogP contribution is 2.17. The molecule has 6 heteroatoms. The minimum absolute atomic E-state index is 0.00366. The van der Waals surface area contributed by atoms with Crippen molar-refractivity contribution >= 4 is 29.5 Å². The Kier molecular flexibility index (Phi) is 6.52. The molecule has 1 amide bonds. The van der Waals surface area contributed by atoms with Gasteiger partial charge in [-0.1, -0.05) is 6.58 Å². The third kappa shape index (κ3) is 5.96. The Morgan fingerprint density at radius 3 is 2.47 bits per heavy atom. The van der Waals surface area contributed by atoms with Crippen molar-refractivity contribution in [2.24, 2.45) is 0 Å². The number of benzene rings is 1. The molecule has 1 rings (SSSR count). The maximum atomic E-state index is 11.4. The average molecular weight is 281 g/mol. The Morgan fingerprint density at radius 1 is 1.26 bits per heavy atom. The van der Waals surface area contributed by atoms with Gasteiger partial charge in [0.25, 0.3) is 0 Å². The van der Waals surface area contributed by atoms with Gasteiger partial charge in [0.15, 0.2) is 0 Å². The minimum atomic E-state index is -0.591. The molecule has 1 aromatic rings. The number of carbonyl (C=O) groups is 2. The Morgan fingerprint density at radius 2 is 1.89 bits per heavy atom. The van der Waals surface area contributed by atoms with Gasteiger partial charge in [-0.3, -0.25) is 5.32 Å². The van der Waals surface area contributed by atoms with E-state index in [-0.39, 0.29) is 13.2 Å². The van der Waals surface area contributed by atoms with Gasteiger partial charge >= 0.3 is 12.1 Å². The zero-order valence-electron chi connectivity index (χ0n) is 10.5. The van der Waals surface area contributed by atoms with E-state index in [9.17, 15) is 9.59 Å². The first-order chi connectivity index (χ1) is 9.15. The highest BCUT2D eigenvalue weighted by atomic mass is 32.2. The smallest absolute Gasteiger partial charge is 0.411 e. The van der Waals surface area contributed by atoms with Crippen LogP contribution >= 0.6 is 11.8 Å². The van der Waals surface area contributed by atoms with Crippen LogP contribution in [0.5, 0.6) is 0 Å². The molecule has 102 valence electrons. The van der Waals surface area contributed by atoms with Gasteiger partial charge < -0.3 is 9.47 Å². The molecule has 0 bridgehead atoms. The van der Waals surface area contributed by atoms with E-state index in [1.165, 1.54) is 0 Å². The summed E-state index contributed by atoms with van der Waals surface area (Å²) in [5.41, 5.74) is 0.644. The molecule has 0 atom stereocenters. The maximum Gasteiger partial charge on any atom is 0.411 e. The molecule has 0 fully saturated rings. The molecule has 0 heterocycles. The number of hydrogen-bond acceptors (Lipinski definition) is 5. The number of esters is 1. The van der Waals surface area contributed by atoms with E-state index in [1.807, 2.05) is 18.4 Å². The molecule has 0 aromatic heterocycles. The zero-order valence-corrected chi connectivity index (χ0v) is 11.4. The molecule has 0 spiro atoms. The summed E-state index contributed by atoms with van der Waals surface area (Å²) in [7, 11) is 0. The summed E-state index contributed by atoms with van der Waals surface area (Å²) in [6.07, 6.45) is 2.43. The van der Waals surface area contributed by atoms with Crippen LogP contribution in [0.3, 0.4) is 0 Å². The number of carbonyl (C=O) groups excluding carboxylic acids is 2. The third-order valence-corrected chi connectivity index (χ3v) is 2.81. The van der Waals surface area contributed by atoms with E-state index >= 15 is 0 Å². The quantitative estimate of drug-likeness (QED) is 0.376. The molecule has 0 unspecified atom stereocenters. The van der Waals surface area contributed by atoms with Crippen LogP contribution in [0.1, 0.15) is 0 Å². The average Bonchev–Trinajstić information content (AvgIpc) is 2.44. The van der Waals surface area contributed by atoms with Crippen molar-refractivity contribution in [1.29, 1.82) is 0 Å². The van der Waals surface area contributed by atoms with Crippen LogP contribution < -0.4 is 5.32 Å². The standard InChI is InChI=1S/C13H15NO4S/c1-3-12(15)17-8-9-18-13(16)14-10-4-6-11(19-2)7-5-10/h3-7H,1,8-9H2,2H3,(H,14,16). The number of nitrogens with one attached hydrogen (secondary N) is 1. The van der Waals surface area contributed by atoms with Gasteiger partial charge in [0.2, 0.25) is 0 Å². The molecule has 0 saturated heterocycles. The van der Waals surface area contributed by atoms with Crippen LogP contribution in [-0.4, -0.2) is 31.5 Å². The molecule has 0 aliphatic heterocycles. The summed E-state index contributed by atoms with van der Waals surface area (Å²) < 4.78 is 9.49. The van der Waals surface area contributed by atoms with E-state index in [0.29, 0.717) is 5.69 Å². The highest BCUT2D eigenvalue weighted by Gasteiger charge is 2.03. The lowest BCUT2D eigenvalue weighted by Gasteiger charge is -2.07. The van der Waals surface area contributed by atoms with Crippen molar-refractivity contribution in [3.63, 3.8) is 0 Å². The lowest BCUT2D eigenvalue weighted by molar-refractivity contribution is -0.138. The summed E-state index contributed by atoms with van der Waals surface area (Å²) in [5, 5.41) is 2.56. The van der Waals surface area contributed by atoms with Crippen molar-refractivity contribution in [2.75, 3.05) is 24.8 Å². The maximum absolute atomic E-state index is 11.4. The van der Waals surface area contributed by atoms with E-state index in [1.54, 1.807) is 23.9 Å². The van der Waals surface area contributed by atoms with E-state index < -0.39 is 12.1 Å². The SMILES string of the molecule is C=CC(=O)OCCOC(=O)Nc1ccc(SC)cc1. The van der Waals surface area contributed by atoms with E-state index in [4.69, 9.17) is 4.74 Å². The minimum Gasteiger partial charge on any atom is -0.459 e. The topological polar surface area (TPSA) is 64.6 Å². The number of thioether (sulfide) groups is 1. The number of hydrogen-bond donors (Lipinski definition) is 1. The summed E-state index contributed by atoms with van der Waals surface area (Å²) in [5.74, 6) is -0.545. The summed E-state index contributed by atoms with van der Waals surface area (Å²) >= 11 is 1.62. The molecule has 1 N–H and O–H groups in total. The molecule has 0 saturated carbocycles. The second-order valence-corrected chi connectivity index (χ2v) is 4.24. The fourth-order valence-corrected chi connectivity index (χ4v) is 1.57. The molecule has 0 radical (unpaired) electrons. The fraction of sp³-hybridized carbons (Fsp3) is 0.231. The van der Waals surface area contributed by atoms with Crippen molar-refractivity contribution < 1.29 is 19.1 Å². The second kappa shape index (κ2) is 8.20. The molecule has 5 nitrogen and oxygen atoms in total. The van der Waals surface area contributed by atoms with Crippen molar-refractivity contribution in [1.82, 2.24) is 0 Å². The first-order valence-corrected chi connectivity index (χ1v) is 6.75. The van der Waals surface area contributed by atoms with Gasteiger partial charge in [-0.15, -0.1) is 11.8 Å². The lowest BCUT2D eigenvalue weighted by Crippen LogP contribution is -2.17. The number of ether oxygens (including phenoxy) is 2. The van der Waals surface area contributed by atoms with Crippen LogP contribution in [-0.2, 0) is 14.3 Å². The van der Waals surface area contributed by atoms with Crippen LogP contribution in [0, 0.1) is 0 Å². The summed E-state index contributed by atoms with van der Waals surface area (Å²) in [6, 6.07) is 7.36. The van der Waals surface area contributed by atoms with Gasteiger partial charge in [0, 0.05) is 16.7 Å². The van der Waals surface area contributed by atoms with Crippen molar-refractivity contribution in [3.05, 3.63) is 36.9 Å². The van der Waals surface area contributed by atoms with Crippen LogP contribution in [0.4, 0.5) is 10.5 Å². The molecular weight excluding hydrogens is 266 g/mol. The summed E-state index contributed by atoms with van der Waals surface area (Å²) in [6.45, 7) is 3.25. The monoisotopic (exact) mass is 281 g/mol. The first-order valence-electron chi connectivity index (χ1n) is 5.52. The zero-order chi connectivity index (χ0) is 14.1. The summed E-state index contributed by atoms with van der Waals surface area (Å²) in [4.78, 5) is 23.2. The second-order valence-electron chi connectivity index (χ2n) is 3.36. The number of rotatable bonds is 6. The highest BCUT2D eigenvalue weighted by molar-refractivity contribution is 7.98. The van der Waals surface area contributed by atoms with Gasteiger partial charge in [0.05, 0.1) is 0 Å². The molecule has 1 aromatic carbocycles. The van der Waals surface area contributed by atoms with Gasteiger partial charge in [-0.2, -0.15) is 0 Å². The van der Waals surface area contributed by atoms with Crippen LogP contribution in [0.2, 0.25) is 0 Å². The molecular formula is C13H15NO4S. The van der Waals surface area contributed by atoms with Crippen molar-refractivity contribution in [2.45, 2.75) is 4.90 Å². The molecule has 0 aliphatic carbocycles. The Labute approximate surface area is 116 Å². The predicted octanol–water partition coefficient (Wildman–Crippen LogP) is 2.69. The molecule has 19 heavy (non-hydrogen) atoms. The number of amides is 1. The predicted molar refractivity (Wildman–Crippen MR) is 74.3 cm³/mol. The van der Waals surface area contributed by atoms with Gasteiger partial charge in [-0.25, -0.2) is 9.59 Å². The first kappa shape index (κ1) is 15.1. The van der Waals surface area contributed by atoms with E-state index in [2.05, 4.69) is 16.6 Å². The Hall–Kier alpha value is -1.95. The lowest BCUT2D eigenvalue weighted by atomic mass is 10.3.